The number of pyridine rings is 1. The first-order valence-electron chi connectivity index (χ1n) is 7.62. The molecule has 3 aromatic rings. The molecule has 6 heteroatoms. The summed E-state index contributed by atoms with van der Waals surface area (Å²) in [7, 11) is 0. The van der Waals surface area contributed by atoms with Crippen LogP contribution in [0.2, 0.25) is 0 Å². The monoisotopic (exact) mass is 308 g/mol. The molecule has 0 saturated carbocycles. The van der Waals surface area contributed by atoms with Crippen LogP contribution < -0.4 is 4.74 Å². The number of amides is 1. The molecular weight excluding hydrogens is 292 g/mol. The topological polar surface area (TPSA) is 71.1 Å². The molecule has 23 heavy (non-hydrogen) atoms. The first-order chi connectivity index (χ1) is 11.3. The second-order valence-electron chi connectivity index (χ2n) is 5.56. The van der Waals surface area contributed by atoms with Crippen LogP contribution in [-0.4, -0.2) is 39.0 Å². The minimum atomic E-state index is -0.347. The number of fused-ring (bicyclic) bond motifs is 2. The van der Waals surface area contributed by atoms with Crippen LogP contribution in [0, 0.1) is 0 Å². The van der Waals surface area contributed by atoms with Gasteiger partial charge in [0.25, 0.3) is 0 Å². The number of H-pyrrole nitrogens is 1. The molecule has 0 spiro atoms. The molecule has 1 aliphatic rings. The molecule has 0 aliphatic carbocycles. The van der Waals surface area contributed by atoms with Gasteiger partial charge in [0.2, 0.25) is 5.88 Å². The van der Waals surface area contributed by atoms with Crippen LogP contribution in [0.3, 0.4) is 0 Å². The van der Waals surface area contributed by atoms with Crippen LogP contribution in [0.25, 0.3) is 11.0 Å². The molecule has 3 heterocycles. The number of aromatic amines is 1. The van der Waals surface area contributed by atoms with Crippen LogP contribution in [0.5, 0.6) is 5.88 Å². The van der Waals surface area contributed by atoms with Gasteiger partial charge in [-0.15, -0.1) is 0 Å². The minimum absolute atomic E-state index is 0.330. The van der Waals surface area contributed by atoms with Gasteiger partial charge < -0.3 is 14.6 Å². The van der Waals surface area contributed by atoms with E-state index < -0.39 is 0 Å². The van der Waals surface area contributed by atoms with Crippen molar-refractivity contribution in [2.75, 3.05) is 13.1 Å². The maximum absolute atomic E-state index is 12.3. The second-order valence-corrected chi connectivity index (χ2v) is 5.56. The Morgan fingerprint density at radius 2 is 1.96 bits per heavy atom. The molecule has 0 saturated heterocycles. The number of rotatable bonds is 1. The minimum Gasteiger partial charge on any atom is -0.391 e. The Bertz CT molecular complexity index is 802. The summed E-state index contributed by atoms with van der Waals surface area (Å²) in [5, 5.41) is 0. The summed E-state index contributed by atoms with van der Waals surface area (Å²) in [4.78, 5) is 25.5. The van der Waals surface area contributed by atoms with E-state index in [4.69, 9.17) is 4.74 Å². The van der Waals surface area contributed by atoms with Crippen molar-refractivity contribution < 1.29 is 9.53 Å². The van der Waals surface area contributed by atoms with Crippen molar-refractivity contribution in [1.29, 1.82) is 0 Å². The summed E-state index contributed by atoms with van der Waals surface area (Å²) in [5.41, 5.74) is 4.51. The predicted molar refractivity (Wildman–Crippen MR) is 85.3 cm³/mol. The number of benzene rings is 1. The third kappa shape index (κ3) is 2.75. The Morgan fingerprint density at radius 1 is 1.13 bits per heavy atom. The average molecular weight is 308 g/mol. The lowest BCUT2D eigenvalue weighted by molar-refractivity contribution is 0.152. The lowest BCUT2D eigenvalue weighted by atomic mass is 10.0. The van der Waals surface area contributed by atoms with Crippen molar-refractivity contribution in [2.45, 2.75) is 12.8 Å². The fraction of sp³-hybridized carbons (Fsp3) is 0.235. The van der Waals surface area contributed by atoms with Gasteiger partial charge in [0.15, 0.2) is 0 Å². The van der Waals surface area contributed by atoms with E-state index in [0.29, 0.717) is 19.0 Å². The zero-order chi connectivity index (χ0) is 15.6. The highest BCUT2D eigenvalue weighted by Gasteiger charge is 2.21. The molecule has 1 aromatic carbocycles. The lowest BCUT2D eigenvalue weighted by Gasteiger charge is -2.18. The van der Waals surface area contributed by atoms with E-state index in [2.05, 4.69) is 27.1 Å². The third-order valence-electron chi connectivity index (χ3n) is 4.13. The quantitative estimate of drug-likeness (QED) is 0.750. The Balaban J connectivity index is 1.50. The first kappa shape index (κ1) is 13.8. The Kier molecular flexibility index (Phi) is 3.42. The van der Waals surface area contributed by atoms with E-state index in [1.54, 1.807) is 35.6 Å². The number of nitrogens with one attached hydrogen (secondary N) is 1. The largest absolute Gasteiger partial charge is 0.416 e. The molecule has 0 radical (unpaired) electrons. The highest BCUT2D eigenvalue weighted by Crippen LogP contribution is 2.22. The molecule has 4 rings (SSSR count). The van der Waals surface area contributed by atoms with Crippen molar-refractivity contribution in [2.24, 2.45) is 0 Å². The van der Waals surface area contributed by atoms with Gasteiger partial charge in [-0.05, 0) is 42.2 Å². The smallest absolute Gasteiger partial charge is 0.391 e. The molecule has 0 atom stereocenters. The predicted octanol–water partition coefficient (Wildman–Crippen LogP) is 2.56. The number of carbonyl (C=O) groups excluding carboxylic acids is 1. The molecule has 1 N–H and O–H groups in total. The Hall–Kier alpha value is -2.89. The maximum atomic E-state index is 12.3. The summed E-state index contributed by atoms with van der Waals surface area (Å²) in [6.45, 7) is 1.27. The van der Waals surface area contributed by atoms with Gasteiger partial charge in [-0.3, -0.25) is 0 Å². The third-order valence-corrected chi connectivity index (χ3v) is 4.13. The van der Waals surface area contributed by atoms with Crippen LogP contribution in [0.4, 0.5) is 4.79 Å². The van der Waals surface area contributed by atoms with Crippen molar-refractivity contribution in [1.82, 2.24) is 19.9 Å². The Morgan fingerprint density at radius 3 is 2.74 bits per heavy atom. The molecule has 116 valence electrons. The summed E-state index contributed by atoms with van der Waals surface area (Å²) >= 11 is 0. The molecular formula is C17H16N4O2. The highest BCUT2D eigenvalue weighted by atomic mass is 16.6. The zero-order valence-corrected chi connectivity index (χ0v) is 12.5. The molecule has 0 unspecified atom stereocenters. The van der Waals surface area contributed by atoms with Gasteiger partial charge >= 0.3 is 6.09 Å². The van der Waals surface area contributed by atoms with E-state index in [0.717, 1.165) is 23.9 Å². The SMILES string of the molecule is O=C(Oc1ccccn1)N1CCc2cc3nc[nH]c3cc2CC1. The van der Waals surface area contributed by atoms with Gasteiger partial charge in [0.1, 0.15) is 0 Å². The van der Waals surface area contributed by atoms with E-state index in [1.807, 2.05) is 0 Å². The molecule has 6 nitrogen and oxygen atoms in total. The highest BCUT2D eigenvalue weighted by molar-refractivity contribution is 5.77. The number of nitrogens with zero attached hydrogens (tertiary/aromatic N) is 3. The number of hydrogen-bond donors (Lipinski definition) is 1. The fourth-order valence-corrected chi connectivity index (χ4v) is 2.90. The molecule has 1 amide bonds. The van der Waals surface area contributed by atoms with Crippen LogP contribution in [-0.2, 0) is 12.8 Å². The van der Waals surface area contributed by atoms with Gasteiger partial charge in [-0.1, -0.05) is 6.07 Å². The standard InChI is InChI=1S/C17H16N4O2/c22-17(23-16-3-1-2-6-18-16)21-7-4-12-9-14-15(20-11-19-14)10-13(12)5-8-21/h1-3,6,9-11H,4-5,7-8H2,(H,19,20). The second kappa shape index (κ2) is 5.72. The number of hydrogen-bond acceptors (Lipinski definition) is 4. The van der Waals surface area contributed by atoms with Crippen LogP contribution >= 0.6 is 0 Å². The average Bonchev–Trinajstić information content (AvgIpc) is 2.92. The van der Waals surface area contributed by atoms with Gasteiger partial charge in [-0.25, -0.2) is 14.8 Å². The van der Waals surface area contributed by atoms with Gasteiger partial charge in [0.05, 0.1) is 17.4 Å². The number of ether oxygens (including phenoxy) is 1. The van der Waals surface area contributed by atoms with Crippen molar-refractivity contribution in [3.05, 3.63) is 54.0 Å². The van der Waals surface area contributed by atoms with Crippen LogP contribution in [0.1, 0.15) is 11.1 Å². The molecule has 1 aliphatic heterocycles. The molecule has 2 aromatic heterocycles. The number of carbonyl (C=O) groups is 1. The summed E-state index contributed by atoms with van der Waals surface area (Å²) in [6, 6.07) is 9.50. The van der Waals surface area contributed by atoms with E-state index >= 15 is 0 Å². The molecule has 0 bridgehead atoms. The lowest BCUT2D eigenvalue weighted by Crippen LogP contribution is -2.35. The summed E-state index contributed by atoms with van der Waals surface area (Å²) in [6.07, 6.45) is 4.58. The Labute approximate surface area is 133 Å². The first-order valence-corrected chi connectivity index (χ1v) is 7.62. The normalized spacial score (nSPS) is 14.3. The maximum Gasteiger partial charge on any atom is 0.416 e. The van der Waals surface area contributed by atoms with E-state index in [9.17, 15) is 4.79 Å². The fourth-order valence-electron chi connectivity index (χ4n) is 2.90. The van der Waals surface area contributed by atoms with Gasteiger partial charge in [-0.2, -0.15) is 0 Å². The van der Waals surface area contributed by atoms with Crippen LogP contribution in [0.15, 0.2) is 42.9 Å². The van der Waals surface area contributed by atoms with Gasteiger partial charge in [0, 0.05) is 25.4 Å². The number of imidazole rings is 1. The van der Waals surface area contributed by atoms with Crippen molar-refractivity contribution in [3.8, 4) is 5.88 Å². The van der Waals surface area contributed by atoms with E-state index in [1.165, 1.54) is 11.1 Å². The number of aromatic nitrogens is 3. The molecule has 0 fully saturated rings. The van der Waals surface area contributed by atoms with Crippen molar-refractivity contribution in [3.63, 3.8) is 0 Å². The van der Waals surface area contributed by atoms with Crippen molar-refractivity contribution >= 4 is 17.1 Å². The summed E-state index contributed by atoms with van der Waals surface area (Å²) < 4.78 is 5.33. The summed E-state index contributed by atoms with van der Waals surface area (Å²) in [5.74, 6) is 0.330. The zero-order valence-electron chi connectivity index (χ0n) is 12.5. The van der Waals surface area contributed by atoms with E-state index in [-0.39, 0.29) is 6.09 Å².